The molecule has 1 aliphatic rings. The van der Waals surface area contributed by atoms with Crippen LogP contribution >= 0.6 is 24.0 Å². The molecule has 0 atom stereocenters. The van der Waals surface area contributed by atoms with E-state index in [0.29, 0.717) is 28.3 Å². The second kappa shape index (κ2) is 11.4. The van der Waals surface area contributed by atoms with Gasteiger partial charge >= 0.3 is 0 Å². The van der Waals surface area contributed by atoms with E-state index in [4.69, 9.17) is 22.1 Å². The van der Waals surface area contributed by atoms with Crippen molar-refractivity contribution in [2.24, 2.45) is 5.92 Å². The van der Waals surface area contributed by atoms with Gasteiger partial charge in [0, 0.05) is 17.3 Å². The van der Waals surface area contributed by atoms with Crippen LogP contribution in [-0.2, 0) is 11.3 Å². The summed E-state index contributed by atoms with van der Waals surface area (Å²) in [5, 5.41) is 4.93. The highest BCUT2D eigenvalue weighted by molar-refractivity contribution is 8.26. The predicted octanol–water partition coefficient (Wildman–Crippen LogP) is 7.28. The Kier molecular flexibility index (Phi) is 7.77. The van der Waals surface area contributed by atoms with Gasteiger partial charge in [-0.2, -0.15) is 5.10 Å². The van der Waals surface area contributed by atoms with Gasteiger partial charge < -0.3 is 4.74 Å². The molecule has 0 spiro atoms. The lowest BCUT2D eigenvalue weighted by molar-refractivity contribution is -0.122. The maximum atomic E-state index is 13.4. The van der Waals surface area contributed by atoms with Gasteiger partial charge in [-0.3, -0.25) is 9.69 Å². The number of para-hydroxylation sites is 1. The molecule has 0 bridgehead atoms. The number of nitrogens with zero attached hydrogens (tertiary/aromatic N) is 3. The van der Waals surface area contributed by atoms with Crippen LogP contribution < -0.4 is 4.74 Å². The highest BCUT2D eigenvalue weighted by atomic mass is 32.2. The number of carbonyl (C=O) groups is 1. The lowest BCUT2D eigenvalue weighted by atomic mass is 10.0. The number of thiocarbonyl (C=S) groups is 1. The van der Waals surface area contributed by atoms with E-state index in [1.165, 1.54) is 11.8 Å². The van der Waals surface area contributed by atoms with Crippen LogP contribution in [-0.4, -0.2) is 31.5 Å². The number of ether oxygens (including phenoxy) is 1. The van der Waals surface area contributed by atoms with E-state index in [2.05, 4.69) is 19.9 Å². The van der Waals surface area contributed by atoms with E-state index in [-0.39, 0.29) is 5.91 Å². The molecule has 1 amide bonds. The molecule has 0 N–H and O–H groups in total. The van der Waals surface area contributed by atoms with Gasteiger partial charge in [-0.15, -0.1) is 0 Å². The molecule has 1 saturated heterocycles. The number of rotatable bonds is 8. The van der Waals surface area contributed by atoms with Crippen molar-refractivity contribution in [1.82, 2.24) is 14.7 Å². The van der Waals surface area contributed by atoms with E-state index < -0.39 is 0 Å². The Labute approximate surface area is 233 Å². The highest BCUT2D eigenvalue weighted by Crippen LogP contribution is 2.36. The van der Waals surface area contributed by atoms with Crippen molar-refractivity contribution in [3.8, 4) is 22.7 Å². The summed E-state index contributed by atoms with van der Waals surface area (Å²) in [5.41, 5.74) is 5.62. The molecule has 4 aromatic rings. The standard InChI is InChI=1S/C31H29N3O2S2/c1-21(2)20-36-27-15-14-24(16-22(27)3)29-25(19-34(32-29)26-12-8-5-9-13-26)17-28-30(35)33(31(37)38-28)18-23-10-6-4-7-11-23/h4-17,19,21H,18,20H2,1-3H3. The summed E-state index contributed by atoms with van der Waals surface area (Å²) in [6, 6.07) is 26.0. The van der Waals surface area contributed by atoms with Gasteiger partial charge in [-0.1, -0.05) is 86.4 Å². The quantitative estimate of drug-likeness (QED) is 0.174. The van der Waals surface area contributed by atoms with Crippen LogP contribution in [0.15, 0.2) is 90.0 Å². The summed E-state index contributed by atoms with van der Waals surface area (Å²) >= 11 is 6.92. The summed E-state index contributed by atoms with van der Waals surface area (Å²) in [7, 11) is 0. The molecule has 5 rings (SSSR count). The molecular formula is C31H29N3O2S2. The van der Waals surface area contributed by atoms with Crippen LogP contribution in [0.4, 0.5) is 0 Å². The van der Waals surface area contributed by atoms with Gasteiger partial charge in [-0.25, -0.2) is 4.68 Å². The lowest BCUT2D eigenvalue weighted by Crippen LogP contribution is -2.27. The monoisotopic (exact) mass is 539 g/mol. The first kappa shape index (κ1) is 25.9. The maximum Gasteiger partial charge on any atom is 0.266 e. The van der Waals surface area contributed by atoms with Crippen LogP contribution in [0, 0.1) is 12.8 Å². The van der Waals surface area contributed by atoms with E-state index in [0.717, 1.165) is 39.4 Å². The molecule has 0 saturated carbocycles. The minimum atomic E-state index is -0.0871. The Morgan fingerprint density at radius 2 is 1.74 bits per heavy atom. The Balaban J connectivity index is 1.51. The number of thioether (sulfide) groups is 1. The number of hydrogen-bond donors (Lipinski definition) is 0. The minimum Gasteiger partial charge on any atom is -0.493 e. The van der Waals surface area contributed by atoms with Crippen molar-refractivity contribution in [2.45, 2.75) is 27.3 Å². The average molecular weight is 540 g/mol. The minimum absolute atomic E-state index is 0.0871. The summed E-state index contributed by atoms with van der Waals surface area (Å²) in [6.07, 6.45) is 3.87. The summed E-state index contributed by atoms with van der Waals surface area (Å²) in [4.78, 5) is 15.6. The number of aryl methyl sites for hydroxylation is 1. The predicted molar refractivity (Wildman–Crippen MR) is 159 cm³/mol. The number of aromatic nitrogens is 2. The first-order chi connectivity index (χ1) is 18.4. The Hall–Kier alpha value is -3.68. The van der Waals surface area contributed by atoms with Gasteiger partial charge in [0.15, 0.2) is 0 Å². The molecule has 2 heterocycles. The maximum absolute atomic E-state index is 13.4. The van der Waals surface area contributed by atoms with Crippen LogP contribution in [0.2, 0.25) is 0 Å². The van der Waals surface area contributed by atoms with E-state index in [1.54, 1.807) is 4.90 Å². The van der Waals surface area contributed by atoms with Gasteiger partial charge in [0.25, 0.3) is 5.91 Å². The third-order valence-corrected chi connectivity index (χ3v) is 7.51. The van der Waals surface area contributed by atoms with Gasteiger partial charge in [0.05, 0.1) is 23.7 Å². The highest BCUT2D eigenvalue weighted by Gasteiger charge is 2.32. The third kappa shape index (κ3) is 5.74. The number of hydrogen-bond acceptors (Lipinski definition) is 5. The Morgan fingerprint density at radius 3 is 2.42 bits per heavy atom. The zero-order valence-electron chi connectivity index (χ0n) is 21.6. The molecule has 1 fully saturated rings. The number of carbonyl (C=O) groups excluding carboxylic acids is 1. The number of benzene rings is 3. The first-order valence-corrected chi connectivity index (χ1v) is 13.8. The summed E-state index contributed by atoms with van der Waals surface area (Å²) in [6.45, 7) is 7.43. The van der Waals surface area contributed by atoms with Crippen molar-refractivity contribution in [1.29, 1.82) is 0 Å². The van der Waals surface area contributed by atoms with Crippen LogP contribution in [0.3, 0.4) is 0 Å². The number of amides is 1. The Morgan fingerprint density at radius 1 is 1.03 bits per heavy atom. The molecule has 0 unspecified atom stereocenters. The molecule has 0 radical (unpaired) electrons. The molecular weight excluding hydrogens is 510 g/mol. The molecule has 3 aromatic carbocycles. The van der Waals surface area contributed by atoms with Crippen LogP contribution in [0.5, 0.6) is 5.75 Å². The average Bonchev–Trinajstić information content (AvgIpc) is 3.45. The SMILES string of the molecule is Cc1cc(-c2nn(-c3ccccc3)cc2C=C2SC(=S)N(Cc3ccccc3)C2=O)ccc1OCC(C)C. The normalized spacial score (nSPS) is 14.6. The smallest absolute Gasteiger partial charge is 0.266 e. The van der Waals surface area contributed by atoms with Crippen molar-refractivity contribution < 1.29 is 9.53 Å². The van der Waals surface area contributed by atoms with Crippen molar-refractivity contribution in [2.75, 3.05) is 6.61 Å². The van der Waals surface area contributed by atoms with Gasteiger partial charge in [0.1, 0.15) is 15.8 Å². The first-order valence-electron chi connectivity index (χ1n) is 12.6. The second-order valence-corrected chi connectivity index (χ2v) is 11.3. The zero-order valence-corrected chi connectivity index (χ0v) is 23.3. The fraction of sp³-hybridized carbons (Fsp3) is 0.194. The van der Waals surface area contributed by atoms with Gasteiger partial charge in [-0.05, 0) is 60.4 Å². The second-order valence-electron chi connectivity index (χ2n) is 9.65. The van der Waals surface area contributed by atoms with Crippen molar-refractivity contribution >= 4 is 40.3 Å². The lowest BCUT2D eigenvalue weighted by Gasteiger charge is -2.14. The molecule has 1 aromatic heterocycles. The molecule has 38 heavy (non-hydrogen) atoms. The largest absolute Gasteiger partial charge is 0.493 e. The molecule has 0 aliphatic carbocycles. The van der Waals surface area contributed by atoms with E-state index in [1.807, 2.05) is 96.7 Å². The Bertz CT molecular complexity index is 1490. The topological polar surface area (TPSA) is 47.4 Å². The summed E-state index contributed by atoms with van der Waals surface area (Å²) < 4.78 is 8.39. The van der Waals surface area contributed by atoms with E-state index >= 15 is 0 Å². The molecule has 1 aliphatic heterocycles. The fourth-order valence-electron chi connectivity index (χ4n) is 4.19. The third-order valence-electron chi connectivity index (χ3n) is 6.13. The van der Waals surface area contributed by atoms with Crippen LogP contribution in [0.1, 0.15) is 30.5 Å². The van der Waals surface area contributed by atoms with Gasteiger partial charge in [0.2, 0.25) is 0 Å². The molecule has 5 nitrogen and oxygen atoms in total. The van der Waals surface area contributed by atoms with Crippen molar-refractivity contribution in [3.05, 3.63) is 107 Å². The van der Waals surface area contributed by atoms with E-state index in [9.17, 15) is 4.79 Å². The fourth-order valence-corrected chi connectivity index (χ4v) is 5.43. The molecule has 7 heteroatoms. The zero-order chi connectivity index (χ0) is 26.6. The van der Waals surface area contributed by atoms with Crippen molar-refractivity contribution in [3.63, 3.8) is 0 Å². The van der Waals surface area contributed by atoms with Crippen LogP contribution in [0.25, 0.3) is 23.0 Å². The molecule has 192 valence electrons. The summed E-state index contributed by atoms with van der Waals surface area (Å²) in [5.74, 6) is 1.23.